The van der Waals surface area contributed by atoms with Crippen molar-refractivity contribution in [2.75, 3.05) is 0 Å². The first-order chi connectivity index (χ1) is 5.68. The number of nitrogens with two attached hydrogens (primary N) is 1. The Balaban J connectivity index is 2.12. The molecule has 0 bridgehead atoms. The lowest BCUT2D eigenvalue weighted by atomic mass is 10.1. The van der Waals surface area contributed by atoms with Gasteiger partial charge in [0.25, 0.3) is 0 Å². The number of aromatic nitrogens is 1. The highest BCUT2D eigenvalue weighted by Gasteiger charge is 2.38. The number of hydrogen-bond donors (Lipinski definition) is 1. The molecule has 2 N–H and O–H groups in total. The van der Waals surface area contributed by atoms with Gasteiger partial charge in [-0.15, -0.1) is 0 Å². The Bertz CT molecular complexity index is 290. The molecule has 1 fully saturated rings. The maximum Gasteiger partial charge on any atom is 0.0424 e. The largest absolute Gasteiger partial charge is 0.325 e. The second-order valence-electron chi connectivity index (χ2n) is 3.86. The van der Waals surface area contributed by atoms with Gasteiger partial charge in [-0.2, -0.15) is 0 Å². The molecule has 1 aliphatic rings. The third-order valence-corrected chi connectivity index (χ3v) is 2.40. The Labute approximate surface area is 72.8 Å². The molecule has 2 heteroatoms. The second kappa shape index (κ2) is 2.56. The van der Waals surface area contributed by atoms with Crippen molar-refractivity contribution in [1.29, 1.82) is 0 Å². The van der Waals surface area contributed by atoms with Crippen molar-refractivity contribution in [3.8, 4) is 0 Å². The first-order valence-electron chi connectivity index (χ1n) is 4.38. The summed E-state index contributed by atoms with van der Waals surface area (Å²) in [5.41, 5.74) is 8.47. The van der Waals surface area contributed by atoms with Crippen LogP contribution >= 0.6 is 0 Å². The molecule has 1 aliphatic carbocycles. The van der Waals surface area contributed by atoms with Crippen LogP contribution in [0.2, 0.25) is 0 Å². The van der Waals surface area contributed by atoms with Crippen molar-refractivity contribution in [1.82, 2.24) is 4.98 Å². The Morgan fingerprint density at radius 3 is 2.92 bits per heavy atom. The van der Waals surface area contributed by atoms with Crippen LogP contribution in [0.5, 0.6) is 0 Å². The van der Waals surface area contributed by atoms with E-state index < -0.39 is 0 Å². The molecule has 1 aromatic heterocycles. The van der Waals surface area contributed by atoms with E-state index in [-0.39, 0.29) is 5.54 Å². The lowest BCUT2D eigenvalue weighted by molar-refractivity contribution is 0.659. The van der Waals surface area contributed by atoms with Crippen molar-refractivity contribution < 1.29 is 0 Å². The average molecular weight is 162 g/mol. The fraction of sp³-hybridized carbons (Fsp3) is 0.500. The van der Waals surface area contributed by atoms with Gasteiger partial charge < -0.3 is 5.73 Å². The lowest BCUT2D eigenvalue weighted by Crippen LogP contribution is -2.24. The SMILES string of the molecule is Cc1ccnc(CC2(N)CC2)c1. The van der Waals surface area contributed by atoms with E-state index >= 15 is 0 Å². The quantitative estimate of drug-likeness (QED) is 0.714. The van der Waals surface area contributed by atoms with Gasteiger partial charge in [-0.05, 0) is 37.5 Å². The highest BCUT2D eigenvalue weighted by atomic mass is 14.8. The first-order valence-corrected chi connectivity index (χ1v) is 4.38. The highest BCUT2D eigenvalue weighted by Crippen LogP contribution is 2.35. The molecular weight excluding hydrogens is 148 g/mol. The zero-order valence-electron chi connectivity index (χ0n) is 7.38. The number of aryl methyl sites for hydroxylation is 1. The number of pyridine rings is 1. The third-order valence-electron chi connectivity index (χ3n) is 2.40. The maximum atomic E-state index is 5.99. The summed E-state index contributed by atoms with van der Waals surface area (Å²) < 4.78 is 0. The summed E-state index contributed by atoms with van der Waals surface area (Å²) in [5.74, 6) is 0. The summed E-state index contributed by atoms with van der Waals surface area (Å²) >= 11 is 0. The van der Waals surface area contributed by atoms with E-state index in [9.17, 15) is 0 Å². The summed E-state index contributed by atoms with van der Waals surface area (Å²) in [6.07, 6.45) is 5.11. The molecule has 0 aromatic carbocycles. The van der Waals surface area contributed by atoms with Crippen LogP contribution < -0.4 is 5.73 Å². The monoisotopic (exact) mass is 162 g/mol. The molecule has 0 spiro atoms. The molecule has 64 valence electrons. The van der Waals surface area contributed by atoms with Gasteiger partial charge in [0.05, 0.1) is 0 Å². The summed E-state index contributed by atoms with van der Waals surface area (Å²) in [4.78, 5) is 4.28. The molecule has 1 aromatic rings. The Hall–Kier alpha value is -0.890. The van der Waals surface area contributed by atoms with E-state index in [1.165, 1.54) is 5.56 Å². The van der Waals surface area contributed by atoms with Gasteiger partial charge in [0.1, 0.15) is 0 Å². The standard InChI is InChI=1S/C10H14N2/c1-8-2-5-12-9(6-8)7-10(11)3-4-10/h2,5-6H,3-4,7,11H2,1H3. The highest BCUT2D eigenvalue weighted by molar-refractivity contribution is 5.18. The minimum atomic E-state index is 0.0841. The molecule has 0 amide bonds. The molecule has 0 saturated heterocycles. The van der Waals surface area contributed by atoms with Gasteiger partial charge in [0, 0.05) is 23.9 Å². The zero-order chi connectivity index (χ0) is 8.60. The molecule has 12 heavy (non-hydrogen) atoms. The molecule has 1 saturated carbocycles. The minimum Gasteiger partial charge on any atom is -0.325 e. The van der Waals surface area contributed by atoms with E-state index in [1.807, 2.05) is 12.3 Å². The minimum absolute atomic E-state index is 0.0841. The molecular formula is C10H14N2. The lowest BCUT2D eigenvalue weighted by Gasteiger charge is -2.07. The average Bonchev–Trinajstić information content (AvgIpc) is 2.67. The van der Waals surface area contributed by atoms with Crippen molar-refractivity contribution in [3.63, 3.8) is 0 Å². The Morgan fingerprint density at radius 1 is 1.58 bits per heavy atom. The van der Waals surface area contributed by atoms with E-state index in [2.05, 4.69) is 18.0 Å². The molecule has 0 unspecified atom stereocenters. The molecule has 0 radical (unpaired) electrons. The van der Waals surface area contributed by atoms with Crippen LogP contribution in [0.4, 0.5) is 0 Å². The fourth-order valence-electron chi connectivity index (χ4n) is 1.39. The van der Waals surface area contributed by atoms with Crippen LogP contribution in [-0.2, 0) is 6.42 Å². The van der Waals surface area contributed by atoms with Crippen LogP contribution in [0, 0.1) is 6.92 Å². The number of nitrogens with zero attached hydrogens (tertiary/aromatic N) is 1. The molecule has 0 aliphatic heterocycles. The third kappa shape index (κ3) is 1.64. The normalized spacial score (nSPS) is 19.2. The van der Waals surface area contributed by atoms with Gasteiger partial charge in [0.2, 0.25) is 0 Å². The Morgan fingerprint density at radius 2 is 2.33 bits per heavy atom. The van der Waals surface area contributed by atoms with Crippen LogP contribution in [0.15, 0.2) is 18.3 Å². The van der Waals surface area contributed by atoms with E-state index in [0.717, 1.165) is 25.0 Å². The van der Waals surface area contributed by atoms with Gasteiger partial charge in [-0.3, -0.25) is 4.98 Å². The van der Waals surface area contributed by atoms with Gasteiger partial charge in [-0.1, -0.05) is 0 Å². The van der Waals surface area contributed by atoms with E-state index in [4.69, 9.17) is 5.73 Å². The molecule has 0 atom stereocenters. The van der Waals surface area contributed by atoms with Gasteiger partial charge in [0.15, 0.2) is 0 Å². The van der Waals surface area contributed by atoms with Crippen LogP contribution in [-0.4, -0.2) is 10.5 Å². The smallest absolute Gasteiger partial charge is 0.0424 e. The maximum absolute atomic E-state index is 5.99. The molecule has 2 nitrogen and oxygen atoms in total. The predicted molar refractivity (Wildman–Crippen MR) is 48.8 cm³/mol. The van der Waals surface area contributed by atoms with Crippen molar-refractivity contribution in [2.24, 2.45) is 5.73 Å². The topological polar surface area (TPSA) is 38.9 Å². The Kier molecular flexibility index (Phi) is 1.65. The number of rotatable bonds is 2. The van der Waals surface area contributed by atoms with Crippen LogP contribution in [0.1, 0.15) is 24.1 Å². The van der Waals surface area contributed by atoms with Crippen molar-refractivity contribution in [3.05, 3.63) is 29.6 Å². The number of hydrogen-bond acceptors (Lipinski definition) is 2. The van der Waals surface area contributed by atoms with E-state index in [1.54, 1.807) is 0 Å². The summed E-state index contributed by atoms with van der Waals surface area (Å²) in [7, 11) is 0. The predicted octanol–water partition coefficient (Wildman–Crippen LogP) is 1.42. The second-order valence-corrected chi connectivity index (χ2v) is 3.86. The summed E-state index contributed by atoms with van der Waals surface area (Å²) in [6, 6.07) is 4.13. The molecule has 1 heterocycles. The summed E-state index contributed by atoms with van der Waals surface area (Å²) in [6.45, 7) is 2.08. The first kappa shape index (κ1) is 7.74. The van der Waals surface area contributed by atoms with Gasteiger partial charge in [-0.25, -0.2) is 0 Å². The summed E-state index contributed by atoms with van der Waals surface area (Å²) in [5, 5.41) is 0. The van der Waals surface area contributed by atoms with E-state index in [0.29, 0.717) is 0 Å². The van der Waals surface area contributed by atoms with Crippen molar-refractivity contribution in [2.45, 2.75) is 31.7 Å². The van der Waals surface area contributed by atoms with Crippen molar-refractivity contribution >= 4 is 0 Å². The fourth-order valence-corrected chi connectivity index (χ4v) is 1.39. The zero-order valence-corrected chi connectivity index (χ0v) is 7.38. The van der Waals surface area contributed by atoms with Crippen LogP contribution in [0.3, 0.4) is 0 Å². The van der Waals surface area contributed by atoms with Crippen LogP contribution in [0.25, 0.3) is 0 Å². The molecule has 2 rings (SSSR count). The van der Waals surface area contributed by atoms with Gasteiger partial charge >= 0.3 is 0 Å².